The lowest BCUT2D eigenvalue weighted by Crippen LogP contribution is -2.23. The molecule has 2 N–H and O–H groups in total. The number of halogens is 2. The van der Waals surface area contributed by atoms with Crippen molar-refractivity contribution in [2.24, 2.45) is 0 Å². The van der Waals surface area contributed by atoms with E-state index in [9.17, 15) is 14.0 Å². The highest BCUT2D eigenvalue weighted by Crippen LogP contribution is 2.20. The first kappa shape index (κ1) is 18.8. The predicted molar refractivity (Wildman–Crippen MR) is 101 cm³/mol. The van der Waals surface area contributed by atoms with Gasteiger partial charge in [0.05, 0.1) is 16.6 Å². The molecule has 0 unspecified atom stereocenters. The third-order valence-corrected chi connectivity index (χ3v) is 4.23. The quantitative estimate of drug-likeness (QED) is 0.409. The van der Waals surface area contributed by atoms with E-state index in [2.05, 4.69) is 4.98 Å². The summed E-state index contributed by atoms with van der Waals surface area (Å²) in [6.07, 6.45) is 2.59. The maximum absolute atomic E-state index is 14.3. The second-order valence-electron chi connectivity index (χ2n) is 5.70. The fraction of sp³-hybridized carbons (Fsp3) is 0.105. The number of hydrogen-bond donors (Lipinski definition) is 2. The van der Waals surface area contributed by atoms with Gasteiger partial charge in [-0.25, -0.2) is 14.9 Å². The van der Waals surface area contributed by atoms with Crippen LogP contribution in [-0.2, 0) is 11.2 Å². The Bertz CT molecular complexity index is 1110. The third-order valence-electron chi connectivity index (χ3n) is 3.98. The summed E-state index contributed by atoms with van der Waals surface area (Å²) >= 11 is 5.92. The summed E-state index contributed by atoms with van der Waals surface area (Å²) in [5.74, 6) is -0.965. The number of aromatic nitrogens is 2. The molecule has 6 nitrogen and oxygen atoms in total. The molecule has 3 aromatic rings. The molecule has 1 heterocycles. The summed E-state index contributed by atoms with van der Waals surface area (Å²) in [4.78, 5) is 28.6. The molecule has 0 radical (unpaired) electrons. The molecule has 138 valence electrons. The molecule has 0 fully saturated rings. The molecule has 8 heteroatoms. The average Bonchev–Trinajstić information content (AvgIpc) is 2.67. The molecule has 0 aliphatic carbocycles. The van der Waals surface area contributed by atoms with Crippen molar-refractivity contribution in [1.29, 1.82) is 0 Å². The van der Waals surface area contributed by atoms with E-state index in [-0.39, 0.29) is 22.0 Å². The molecule has 3 rings (SSSR count). The number of rotatable bonds is 4. The van der Waals surface area contributed by atoms with E-state index in [1.165, 1.54) is 22.2 Å². The van der Waals surface area contributed by atoms with Gasteiger partial charge in [0, 0.05) is 29.1 Å². The number of aryl methyl sites for hydroxylation is 1. The van der Waals surface area contributed by atoms with E-state index in [0.29, 0.717) is 23.0 Å². The minimum absolute atomic E-state index is 0.0249. The molecule has 0 saturated carbocycles. The van der Waals surface area contributed by atoms with Gasteiger partial charge in [-0.3, -0.25) is 19.4 Å². The number of amides is 1. The van der Waals surface area contributed by atoms with Crippen LogP contribution in [0.25, 0.3) is 22.7 Å². The van der Waals surface area contributed by atoms with Gasteiger partial charge < -0.3 is 0 Å². The minimum atomic E-state index is -0.812. The van der Waals surface area contributed by atoms with Gasteiger partial charge in [-0.15, -0.1) is 0 Å². The molecule has 1 amide bonds. The van der Waals surface area contributed by atoms with Crippen LogP contribution < -0.4 is 11.0 Å². The Kier molecular flexibility index (Phi) is 5.34. The Hall–Kier alpha value is -3.03. The summed E-state index contributed by atoms with van der Waals surface area (Å²) in [5, 5.41) is 9.26. The number of hydrogen-bond acceptors (Lipinski definition) is 4. The van der Waals surface area contributed by atoms with E-state index in [1.807, 2.05) is 6.92 Å². The molecule has 1 aromatic heterocycles. The first-order valence-corrected chi connectivity index (χ1v) is 8.45. The zero-order valence-corrected chi connectivity index (χ0v) is 15.0. The van der Waals surface area contributed by atoms with Crippen LogP contribution in [-0.4, -0.2) is 20.7 Å². The molecular weight excluding hydrogens is 373 g/mol. The highest BCUT2D eigenvalue weighted by molar-refractivity contribution is 6.30. The summed E-state index contributed by atoms with van der Waals surface area (Å²) in [7, 11) is 0. The standard InChI is InChI=1S/C19H15ClFN3O3/c1-2-17-22-16-10-15(21)11(3-8-18(25)23-27)9-14(16)19(26)24(17)13-6-4-12(20)5-7-13/h3-10,27H,2H2,1H3,(H,23,25)/b8-3+. The predicted octanol–water partition coefficient (Wildman–Crippen LogP) is 3.26. The van der Waals surface area contributed by atoms with Gasteiger partial charge in [0.15, 0.2) is 0 Å². The Morgan fingerprint density at radius 2 is 2.04 bits per heavy atom. The third kappa shape index (κ3) is 3.74. The second kappa shape index (κ2) is 7.69. The van der Waals surface area contributed by atoms with Crippen LogP contribution in [0, 0.1) is 5.82 Å². The average molecular weight is 388 g/mol. The SMILES string of the molecule is CCc1nc2cc(F)c(/C=C/C(=O)NO)cc2c(=O)n1-c1ccc(Cl)cc1. The largest absolute Gasteiger partial charge is 0.288 e. The van der Waals surface area contributed by atoms with Gasteiger partial charge in [0.1, 0.15) is 11.6 Å². The number of fused-ring (bicyclic) bond motifs is 1. The number of hydroxylamine groups is 1. The van der Waals surface area contributed by atoms with Crippen LogP contribution in [0.15, 0.2) is 47.3 Å². The number of benzene rings is 2. The molecule has 0 aliphatic rings. The van der Waals surface area contributed by atoms with Crippen LogP contribution in [0.3, 0.4) is 0 Å². The smallest absolute Gasteiger partial charge is 0.267 e. The van der Waals surface area contributed by atoms with Crippen molar-refractivity contribution in [1.82, 2.24) is 15.0 Å². The molecule has 27 heavy (non-hydrogen) atoms. The van der Waals surface area contributed by atoms with Gasteiger partial charge in [-0.1, -0.05) is 18.5 Å². The van der Waals surface area contributed by atoms with Crippen molar-refractivity contribution in [3.05, 3.63) is 75.1 Å². The van der Waals surface area contributed by atoms with Crippen LogP contribution in [0.4, 0.5) is 4.39 Å². The highest BCUT2D eigenvalue weighted by Gasteiger charge is 2.14. The first-order valence-electron chi connectivity index (χ1n) is 8.08. The van der Waals surface area contributed by atoms with E-state index in [0.717, 1.165) is 12.1 Å². The van der Waals surface area contributed by atoms with Crippen LogP contribution in [0.2, 0.25) is 5.02 Å². The van der Waals surface area contributed by atoms with Crippen LogP contribution >= 0.6 is 11.6 Å². The number of nitrogens with one attached hydrogen (secondary N) is 1. The molecular formula is C19H15ClFN3O3. The van der Waals surface area contributed by atoms with E-state index in [4.69, 9.17) is 16.8 Å². The first-order chi connectivity index (χ1) is 12.9. The van der Waals surface area contributed by atoms with Gasteiger partial charge in [0.25, 0.3) is 11.5 Å². The van der Waals surface area contributed by atoms with Crippen LogP contribution in [0.1, 0.15) is 18.3 Å². The minimum Gasteiger partial charge on any atom is -0.288 e. The second-order valence-corrected chi connectivity index (χ2v) is 6.14. The van der Waals surface area contributed by atoms with E-state index in [1.54, 1.807) is 24.3 Å². The van der Waals surface area contributed by atoms with Crippen molar-refractivity contribution < 1.29 is 14.4 Å². The molecule has 0 saturated heterocycles. The maximum Gasteiger partial charge on any atom is 0.267 e. The fourth-order valence-corrected chi connectivity index (χ4v) is 2.82. The van der Waals surface area contributed by atoms with E-state index >= 15 is 0 Å². The molecule has 0 spiro atoms. The van der Waals surface area contributed by atoms with Crippen LogP contribution in [0.5, 0.6) is 0 Å². The Morgan fingerprint density at radius 3 is 2.67 bits per heavy atom. The van der Waals surface area contributed by atoms with Crippen molar-refractivity contribution in [3.8, 4) is 5.69 Å². The Balaban J connectivity index is 2.25. The van der Waals surface area contributed by atoms with Gasteiger partial charge in [0.2, 0.25) is 0 Å². The summed E-state index contributed by atoms with van der Waals surface area (Å²) < 4.78 is 15.7. The summed E-state index contributed by atoms with van der Waals surface area (Å²) in [6.45, 7) is 1.85. The highest BCUT2D eigenvalue weighted by atomic mass is 35.5. The van der Waals surface area contributed by atoms with Crippen molar-refractivity contribution in [2.75, 3.05) is 0 Å². The number of carbonyl (C=O) groups is 1. The zero-order valence-electron chi connectivity index (χ0n) is 14.2. The molecule has 0 bridgehead atoms. The van der Waals surface area contributed by atoms with Crippen molar-refractivity contribution in [3.63, 3.8) is 0 Å². The van der Waals surface area contributed by atoms with Gasteiger partial charge in [-0.2, -0.15) is 0 Å². The number of carbonyl (C=O) groups excluding carboxylic acids is 1. The monoisotopic (exact) mass is 387 g/mol. The normalized spacial score (nSPS) is 11.3. The molecule has 0 aliphatic heterocycles. The lowest BCUT2D eigenvalue weighted by Gasteiger charge is -2.13. The number of nitrogens with zero attached hydrogens (tertiary/aromatic N) is 2. The maximum atomic E-state index is 14.3. The van der Waals surface area contributed by atoms with Gasteiger partial charge >= 0.3 is 0 Å². The fourth-order valence-electron chi connectivity index (χ4n) is 2.69. The summed E-state index contributed by atoms with van der Waals surface area (Å²) in [6, 6.07) is 9.21. The van der Waals surface area contributed by atoms with Crippen molar-refractivity contribution >= 4 is 34.5 Å². The lowest BCUT2D eigenvalue weighted by molar-refractivity contribution is -0.124. The molecule has 0 atom stereocenters. The van der Waals surface area contributed by atoms with E-state index < -0.39 is 11.7 Å². The Labute approximate surface area is 158 Å². The van der Waals surface area contributed by atoms with Crippen molar-refractivity contribution in [2.45, 2.75) is 13.3 Å². The summed E-state index contributed by atoms with van der Waals surface area (Å²) in [5.41, 5.74) is 1.90. The van der Waals surface area contributed by atoms with Gasteiger partial charge in [-0.05, 0) is 36.4 Å². The lowest BCUT2D eigenvalue weighted by atomic mass is 10.1. The molecule has 2 aromatic carbocycles. The Morgan fingerprint density at radius 1 is 1.33 bits per heavy atom. The zero-order chi connectivity index (χ0) is 19.6. The topological polar surface area (TPSA) is 84.2 Å².